The van der Waals surface area contributed by atoms with E-state index < -0.39 is 0 Å². The number of benzene rings is 2. The average molecular weight is 436 g/mol. The van der Waals surface area contributed by atoms with Crippen LogP contribution in [0.25, 0.3) is 10.9 Å². The summed E-state index contributed by atoms with van der Waals surface area (Å²) in [4.78, 5) is 17.7. The van der Waals surface area contributed by atoms with Gasteiger partial charge < -0.3 is 9.47 Å². The highest BCUT2D eigenvalue weighted by Crippen LogP contribution is 2.40. The Bertz CT molecular complexity index is 1280. The summed E-state index contributed by atoms with van der Waals surface area (Å²) < 4.78 is 13.1. The number of ether oxygens (including phenoxy) is 2. The highest BCUT2D eigenvalue weighted by atomic mass is 35.5. The van der Waals surface area contributed by atoms with Crippen molar-refractivity contribution in [3.8, 4) is 11.6 Å². The Morgan fingerprint density at radius 2 is 1.87 bits per heavy atom. The van der Waals surface area contributed by atoms with Crippen LogP contribution in [-0.4, -0.2) is 27.7 Å². The maximum Gasteiger partial charge on any atom is 0.258 e. The number of halogens is 1. The fourth-order valence-electron chi connectivity index (χ4n) is 3.57. The van der Waals surface area contributed by atoms with Gasteiger partial charge in [0.15, 0.2) is 5.78 Å². The number of carbonyl (C=O) groups excluding carboxylic acids is 1. The van der Waals surface area contributed by atoms with E-state index in [1.165, 1.54) is 7.11 Å². The number of methoxy groups -OCH3 is 1. The van der Waals surface area contributed by atoms with Crippen LogP contribution in [0, 0.1) is 13.8 Å². The fraction of sp³-hybridized carbons (Fsp3) is 0.208. The molecule has 0 N–H and O–H groups in total. The minimum atomic E-state index is -0.108. The Morgan fingerprint density at radius 1 is 1.13 bits per heavy atom. The summed E-state index contributed by atoms with van der Waals surface area (Å²) in [7, 11) is 3.34. The van der Waals surface area contributed by atoms with Crippen molar-refractivity contribution < 1.29 is 14.3 Å². The van der Waals surface area contributed by atoms with Crippen LogP contribution in [0.15, 0.2) is 48.5 Å². The number of carbonyl (C=O) groups is 1. The van der Waals surface area contributed by atoms with Gasteiger partial charge in [-0.25, -0.2) is 4.98 Å². The number of aromatic nitrogens is 3. The zero-order chi connectivity index (χ0) is 22.1. The first-order valence-corrected chi connectivity index (χ1v) is 10.2. The van der Waals surface area contributed by atoms with E-state index in [2.05, 4.69) is 10.1 Å². The van der Waals surface area contributed by atoms with Crippen molar-refractivity contribution in [1.29, 1.82) is 0 Å². The molecule has 0 saturated carbocycles. The lowest BCUT2D eigenvalue weighted by Gasteiger charge is -2.14. The van der Waals surface area contributed by atoms with E-state index in [-0.39, 0.29) is 5.78 Å². The first-order valence-electron chi connectivity index (χ1n) is 9.79. The van der Waals surface area contributed by atoms with Gasteiger partial charge in [0, 0.05) is 23.7 Å². The van der Waals surface area contributed by atoms with Gasteiger partial charge in [-0.2, -0.15) is 5.10 Å². The van der Waals surface area contributed by atoms with Crippen LogP contribution < -0.4 is 9.47 Å². The largest absolute Gasteiger partial charge is 0.482 e. The minimum absolute atomic E-state index is 0.108. The number of pyridine rings is 1. The van der Waals surface area contributed by atoms with E-state index in [1.807, 2.05) is 51.2 Å². The standard InChI is InChI=1S/C24H22ClN3O3/c1-14-20(15(2)28(3)27-14)22(29)17-10-11-19-18(12-17)21(25)23(24(26-19)30-4)31-13-16-8-6-5-7-9-16/h5-12H,13H2,1-4H3. The fourth-order valence-corrected chi connectivity index (χ4v) is 3.85. The summed E-state index contributed by atoms with van der Waals surface area (Å²) in [5, 5.41) is 5.32. The van der Waals surface area contributed by atoms with Crippen molar-refractivity contribution in [2.45, 2.75) is 20.5 Å². The molecule has 4 aromatic rings. The molecule has 0 radical (unpaired) electrons. The van der Waals surface area contributed by atoms with Crippen LogP contribution >= 0.6 is 11.6 Å². The zero-order valence-electron chi connectivity index (χ0n) is 17.8. The van der Waals surface area contributed by atoms with Gasteiger partial charge in [0.1, 0.15) is 6.61 Å². The number of fused-ring (bicyclic) bond motifs is 1. The van der Waals surface area contributed by atoms with E-state index in [1.54, 1.807) is 22.9 Å². The van der Waals surface area contributed by atoms with Crippen molar-refractivity contribution in [2.24, 2.45) is 7.05 Å². The summed E-state index contributed by atoms with van der Waals surface area (Å²) in [6.07, 6.45) is 0. The van der Waals surface area contributed by atoms with Gasteiger partial charge in [-0.1, -0.05) is 41.9 Å². The van der Waals surface area contributed by atoms with Crippen LogP contribution in [0.1, 0.15) is 32.9 Å². The molecular weight excluding hydrogens is 414 g/mol. The first kappa shape index (κ1) is 20.9. The van der Waals surface area contributed by atoms with Crippen molar-refractivity contribution in [1.82, 2.24) is 14.8 Å². The Balaban J connectivity index is 1.76. The number of hydrogen-bond donors (Lipinski definition) is 0. The Labute approximate surface area is 185 Å². The second-order valence-corrected chi connectivity index (χ2v) is 7.65. The van der Waals surface area contributed by atoms with E-state index in [0.717, 1.165) is 11.3 Å². The van der Waals surface area contributed by atoms with Crippen molar-refractivity contribution in [3.63, 3.8) is 0 Å². The van der Waals surface area contributed by atoms with E-state index >= 15 is 0 Å². The highest BCUT2D eigenvalue weighted by Gasteiger charge is 2.22. The molecule has 0 fully saturated rings. The second kappa shape index (κ2) is 8.40. The lowest BCUT2D eigenvalue weighted by atomic mass is 10.00. The smallest absolute Gasteiger partial charge is 0.258 e. The predicted octanol–water partition coefficient (Wildman–Crippen LogP) is 5.06. The third kappa shape index (κ3) is 3.86. The first-order chi connectivity index (χ1) is 14.9. The van der Waals surface area contributed by atoms with Gasteiger partial charge in [0.25, 0.3) is 5.88 Å². The van der Waals surface area contributed by atoms with Gasteiger partial charge in [0.05, 0.1) is 28.9 Å². The molecule has 0 bridgehead atoms. The van der Waals surface area contributed by atoms with Crippen molar-refractivity contribution in [3.05, 3.63) is 81.6 Å². The molecule has 158 valence electrons. The molecule has 2 heterocycles. The summed E-state index contributed by atoms with van der Waals surface area (Å²) in [5.41, 5.74) is 4.22. The summed E-state index contributed by atoms with van der Waals surface area (Å²) in [5.74, 6) is 0.536. The quantitative estimate of drug-likeness (QED) is 0.396. The molecular formula is C24H22ClN3O3. The summed E-state index contributed by atoms with van der Waals surface area (Å²) >= 11 is 6.71. The Kier molecular flexibility index (Phi) is 5.65. The number of hydrogen-bond acceptors (Lipinski definition) is 5. The van der Waals surface area contributed by atoms with Crippen LogP contribution in [0.5, 0.6) is 11.6 Å². The molecule has 0 spiro atoms. The van der Waals surface area contributed by atoms with Gasteiger partial charge >= 0.3 is 0 Å². The number of ketones is 1. The molecule has 31 heavy (non-hydrogen) atoms. The van der Waals surface area contributed by atoms with Crippen molar-refractivity contribution >= 4 is 28.3 Å². The molecule has 2 aromatic carbocycles. The third-order valence-corrected chi connectivity index (χ3v) is 5.64. The topological polar surface area (TPSA) is 66.2 Å². The number of nitrogens with zero attached hydrogens (tertiary/aromatic N) is 3. The van der Waals surface area contributed by atoms with E-state index in [0.29, 0.717) is 51.0 Å². The maximum absolute atomic E-state index is 13.2. The molecule has 4 rings (SSSR count). The zero-order valence-corrected chi connectivity index (χ0v) is 18.5. The van der Waals surface area contributed by atoms with Gasteiger partial charge in [-0.3, -0.25) is 9.48 Å². The highest BCUT2D eigenvalue weighted by molar-refractivity contribution is 6.37. The van der Waals surface area contributed by atoms with Crippen LogP contribution in [0.3, 0.4) is 0 Å². The van der Waals surface area contributed by atoms with E-state index in [9.17, 15) is 4.79 Å². The third-order valence-electron chi connectivity index (χ3n) is 5.27. The molecule has 0 amide bonds. The molecule has 0 aliphatic heterocycles. The monoisotopic (exact) mass is 435 g/mol. The van der Waals surface area contributed by atoms with Gasteiger partial charge in [0.2, 0.25) is 5.75 Å². The predicted molar refractivity (Wildman–Crippen MR) is 120 cm³/mol. The summed E-state index contributed by atoms with van der Waals surface area (Å²) in [6, 6.07) is 15.0. The molecule has 6 nitrogen and oxygen atoms in total. The molecule has 7 heteroatoms. The Morgan fingerprint density at radius 3 is 2.52 bits per heavy atom. The molecule has 2 aromatic heterocycles. The molecule has 0 aliphatic rings. The van der Waals surface area contributed by atoms with Crippen LogP contribution in [0.2, 0.25) is 5.02 Å². The lowest BCUT2D eigenvalue weighted by molar-refractivity contribution is 0.103. The average Bonchev–Trinajstić information content (AvgIpc) is 3.04. The van der Waals surface area contributed by atoms with Gasteiger partial charge in [-0.05, 0) is 37.6 Å². The van der Waals surface area contributed by atoms with Crippen LogP contribution in [0.4, 0.5) is 0 Å². The maximum atomic E-state index is 13.2. The number of aryl methyl sites for hydroxylation is 2. The second-order valence-electron chi connectivity index (χ2n) is 7.27. The van der Waals surface area contributed by atoms with Gasteiger partial charge in [-0.15, -0.1) is 0 Å². The lowest BCUT2D eigenvalue weighted by Crippen LogP contribution is -2.05. The molecule has 0 aliphatic carbocycles. The molecule has 0 atom stereocenters. The minimum Gasteiger partial charge on any atom is -0.482 e. The number of rotatable bonds is 6. The summed E-state index contributed by atoms with van der Waals surface area (Å²) in [6.45, 7) is 4.02. The SMILES string of the molecule is COc1nc2ccc(C(=O)c3c(C)nn(C)c3C)cc2c(Cl)c1OCc1ccccc1. The van der Waals surface area contributed by atoms with E-state index in [4.69, 9.17) is 21.1 Å². The molecule has 0 saturated heterocycles. The van der Waals surface area contributed by atoms with Crippen molar-refractivity contribution in [2.75, 3.05) is 7.11 Å². The Hall–Kier alpha value is -3.38. The normalized spacial score (nSPS) is 11.0. The molecule has 0 unspecified atom stereocenters. The van der Waals surface area contributed by atoms with Crippen LogP contribution in [-0.2, 0) is 13.7 Å².